The van der Waals surface area contributed by atoms with Gasteiger partial charge in [-0.05, 0) is 43.2 Å². The van der Waals surface area contributed by atoms with Gasteiger partial charge < -0.3 is 9.47 Å². The highest BCUT2D eigenvalue weighted by atomic mass is 16.2. The number of carbonyl (C=O) groups excluding carboxylic acids is 1. The molecule has 0 radical (unpaired) electrons. The van der Waals surface area contributed by atoms with Crippen LogP contribution in [0, 0.1) is 5.92 Å². The topological polar surface area (TPSA) is 51.0 Å². The predicted molar refractivity (Wildman–Crippen MR) is 96.1 cm³/mol. The maximum atomic E-state index is 12.7. The van der Waals surface area contributed by atoms with Crippen LogP contribution in [0.3, 0.4) is 0 Å². The van der Waals surface area contributed by atoms with Crippen LogP contribution >= 0.6 is 0 Å². The molecule has 2 aliphatic rings. The van der Waals surface area contributed by atoms with Crippen molar-refractivity contribution in [2.45, 2.75) is 51.0 Å². The minimum absolute atomic E-state index is 0.204. The molecular formula is C20H26N4O. The lowest BCUT2D eigenvalue weighted by atomic mass is 9.85. The van der Waals surface area contributed by atoms with Gasteiger partial charge in [0.05, 0.1) is 6.42 Å². The van der Waals surface area contributed by atoms with Gasteiger partial charge in [0.1, 0.15) is 5.82 Å². The van der Waals surface area contributed by atoms with Crippen LogP contribution in [0.4, 0.5) is 0 Å². The molecule has 5 nitrogen and oxygen atoms in total. The van der Waals surface area contributed by atoms with Crippen LogP contribution in [0.25, 0.3) is 0 Å². The van der Waals surface area contributed by atoms with E-state index in [4.69, 9.17) is 0 Å². The number of amides is 1. The molecule has 4 rings (SSSR count). The van der Waals surface area contributed by atoms with Gasteiger partial charge in [-0.15, -0.1) is 0 Å². The second-order valence-corrected chi connectivity index (χ2v) is 7.45. The van der Waals surface area contributed by atoms with Crippen molar-refractivity contribution in [3.63, 3.8) is 0 Å². The molecule has 2 aromatic heterocycles. The molecule has 1 saturated carbocycles. The zero-order chi connectivity index (χ0) is 17.1. The molecule has 132 valence electrons. The second kappa shape index (κ2) is 7.38. The van der Waals surface area contributed by atoms with Gasteiger partial charge in [0.25, 0.3) is 0 Å². The lowest BCUT2D eigenvalue weighted by Crippen LogP contribution is -2.40. The van der Waals surface area contributed by atoms with Crippen molar-refractivity contribution in [3.8, 4) is 0 Å². The van der Waals surface area contributed by atoms with E-state index in [-0.39, 0.29) is 5.91 Å². The molecule has 0 unspecified atom stereocenters. The summed E-state index contributed by atoms with van der Waals surface area (Å²) >= 11 is 0. The van der Waals surface area contributed by atoms with Crippen LogP contribution in [0.15, 0.2) is 36.9 Å². The third-order valence-corrected chi connectivity index (χ3v) is 5.64. The summed E-state index contributed by atoms with van der Waals surface area (Å²) in [5, 5.41) is 0. The van der Waals surface area contributed by atoms with E-state index in [0.29, 0.717) is 12.3 Å². The maximum Gasteiger partial charge on any atom is 0.227 e. The number of carbonyl (C=O) groups is 1. The Labute approximate surface area is 149 Å². The summed E-state index contributed by atoms with van der Waals surface area (Å²) in [7, 11) is 0. The SMILES string of the molecule is O=C(Cc1cccnc1)N1CCC[C@@H](c2nccn2CC2CCC2)C1. The minimum atomic E-state index is 0.204. The van der Waals surface area contributed by atoms with Crippen LogP contribution in [-0.2, 0) is 17.8 Å². The number of nitrogens with zero attached hydrogens (tertiary/aromatic N) is 4. The number of hydrogen-bond donors (Lipinski definition) is 0. The van der Waals surface area contributed by atoms with Crippen LogP contribution in [0.5, 0.6) is 0 Å². The fourth-order valence-corrected chi connectivity index (χ4v) is 3.99. The van der Waals surface area contributed by atoms with E-state index >= 15 is 0 Å². The third-order valence-electron chi connectivity index (χ3n) is 5.64. The molecule has 25 heavy (non-hydrogen) atoms. The molecule has 5 heteroatoms. The molecular weight excluding hydrogens is 312 g/mol. The first-order valence-corrected chi connectivity index (χ1v) is 9.47. The van der Waals surface area contributed by atoms with Crippen LogP contribution in [0.1, 0.15) is 49.4 Å². The highest BCUT2D eigenvalue weighted by molar-refractivity contribution is 5.78. The van der Waals surface area contributed by atoms with Crippen LogP contribution < -0.4 is 0 Å². The fraction of sp³-hybridized carbons (Fsp3) is 0.550. The largest absolute Gasteiger partial charge is 0.342 e. The second-order valence-electron chi connectivity index (χ2n) is 7.45. The summed E-state index contributed by atoms with van der Waals surface area (Å²) in [5.74, 6) is 2.56. The van der Waals surface area contributed by atoms with Gasteiger partial charge in [-0.25, -0.2) is 4.98 Å². The zero-order valence-corrected chi connectivity index (χ0v) is 14.7. The normalized spacial score (nSPS) is 21.1. The van der Waals surface area contributed by atoms with E-state index in [1.807, 2.05) is 23.2 Å². The van der Waals surface area contributed by atoms with Crippen molar-refractivity contribution in [3.05, 3.63) is 48.3 Å². The minimum Gasteiger partial charge on any atom is -0.342 e. The molecule has 1 aliphatic heterocycles. The number of likely N-dealkylation sites (tertiary alicyclic amines) is 1. The van der Waals surface area contributed by atoms with E-state index < -0.39 is 0 Å². The van der Waals surface area contributed by atoms with E-state index in [1.165, 1.54) is 25.1 Å². The van der Waals surface area contributed by atoms with Gasteiger partial charge in [0, 0.05) is 50.3 Å². The summed E-state index contributed by atoms with van der Waals surface area (Å²) in [5.41, 5.74) is 0.987. The van der Waals surface area contributed by atoms with Crippen molar-refractivity contribution < 1.29 is 4.79 Å². The van der Waals surface area contributed by atoms with Crippen LogP contribution in [0.2, 0.25) is 0 Å². The van der Waals surface area contributed by atoms with Gasteiger partial charge in [0.2, 0.25) is 5.91 Å². The third kappa shape index (κ3) is 3.75. The maximum absolute atomic E-state index is 12.7. The highest BCUT2D eigenvalue weighted by Gasteiger charge is 2.28. The summed E-state index contributed by atoms with van der Waals surface area (Å²) in [6.07, 6.45) is 14.2. The van der Waals surface area contributed by atoms with Gasteiger partial charge in [-0.3, -0.25) is 9.78 Å². The van der Waals surface area contributed by atoms with Crippen molar-refractivity contribution in [2.24, 2.45) is 5.92 Å². The van der Waals surface area contributed by atoms with Crippen molar-refractivity contribution in [1.82, 2.24) is 19.4 Å². The Hall–Kier alpha value is -2.17. The van der Waals surface area contributed by atoms with Gasteiger partial charge >= 0.3 is 0 Å². The van der Waals surface area contributed by atoms with E-state index in [9.17, 15) is 4.79 Å². The smallest absolute Gasteiger partial charge is 0.227 e. The number of aromatic nitrogens is 3. The van der Waals surface area contributed by atoms with Gasteiger partial charge in [-0.1, -0.05) is 12.5 Å². The Morgan fingerprint density at radius 3 is 2.88 bits per heavy atom. The van der Waals surface area contributed by atoms with Crippen molar-refractivity contribution >= 4 is 5.91 Å². The van der Waals surface area contributed by atoms with E-state index in [1.54, 1.807) is 12.4 Å². The Kier molecular flexibility index (Phi) is 4.81. The molecule has 0 bridgehead atoms. The van der Waals surface area contributed by atoms with Crippen molar-refractivity contribution in [1.29, 1.82) is 0 Å². The number of imidazole rings is 1. The number of pyridine rings is 1. The molecule has 2 aromatic rings. The molecule has 1 amide bonds. The summed E-state index contributed by atoms with van der Waals surface area (Å²) < 4.78 is 2.34. The quantitative estimate of drug-likeness (QED) is 0.842. The molecule has 2 fully saturated rings. The molecule has 3 heterocycles. The predicted octanol–water partition coefficient (Wildman–Crippen LogP) is 3.03. The lowest BCUT2D eigenvalue weighted by Gasteiger charge is -2.34. The van der Waals surface area contributed by atoms with Crippen molar-refractivity contribution in [2.75, 3.05) is 13.1 Å². The first kappa shape index (κ1) is 16.3. The lowest BCUT2D eigenvalue weighted by molar-refractivity contribution is -0.131. The Morgan fingerprint density at radius 1 is 1.20 bits per heavy atom. The molecule has 0 N–H and O–H groups in total. The number of rotatable bonds is 5. The Balaban J connectivity index is 1.41. The summed E-state index contributed by atoms with van der Waals surface area (Å²) in [6, 6.07) is 3.86. The fourth-order valence-electron chi connectivity index (χ4n) is 3.99. The Bertz CT molecular complexity index is 707. The molecule has 1 saturated heterocycles. The summed E-state index contributed by atoms with van der Waals surface area (Å²) in [4.78, 5) is 23.4. The van der Waals surface area contributed by atoms with Crippen LogP contribution in [-0.4, -0.2) is 38.4 Å². The Morgan fingerprint density at radius 2 is 2.12 bits per heavy atom. The average Bonchev–Trinajstić information content (AvgIpc) is 3.07. The first-order chi connectivity index (χ1) is 12.3. The number of hydrogen-bond acceptors (Lipinski definition) is 3. The highest BCUT2D eigenvalue weighted by Crippen LogP contribution is 2.31. The molecule has 0 spiro atoms. The van der Waals surface area contributed by atoms with Gasteiger partial charge in [0.15, 0.2) is 0 Å². The van der Waals surface area contributed by atoms with Gasteiger partial charge in [-0.2, -0.15) is 0 Å². The zero-order valence-electron chi connectivity index (χ0n) is 14.7. The first-order valence-electron chi connectivity index (χ1n) is 9.47. The molecule has 0 aromatic carbocycles. The standard InChI is InChI=1S/C20H26N4O/c25-19(12-17-6-2-8-21-13-17)23-10-3-7-18(15-23)20-22-9-11-24(20)14-16-4-1-5-16/h2,6,8-9,11,13,16,18H,1,3-5,7,10,12,14-15H2/t18-/m1/s1. The summed E-state index contributed by atoms with van der Waals surface area (Å²) in [6.45, 7) is 2.75. The molecule has 1 aliphatic carbocycles. The number of piperidine rings is 1. The van der Waals surface area contributed by atoms with E-state index in [0.717, 1.165) is 44.0 Å². The average molecular weight is 338 g/mol. The monoisotopic (exact) mass is 338 g/mol. The van der Waals surface area contributed by atoms with E-state index in [2.05, 4.69) is 20.7 Å². The molecule has 1 atom stereocenters.